The predicted octanol–water partition coefficient (Wildman–Crippen LogP) is 3.24. The summed E-state index contributed by atoms with van der Waals surface area (Å²) in [5.74, 6) is 1.30. The van der Waals surface area contributed by atoms with Crippen LogP contribution in [0, 0.1) is 6.92 Å². The summed E-state index contributed by atoms with van der Waals surface area (Å²) in [4.78, 5) is 4.67. The van der Waals surface area contributed by atoms with Gasteiger partial charge in [0, 0.05) is 31.8 Å². The molecule has 1 fully saturated rings. The molecule has 3 rings (SSSR count). The van der Waals surface area contributed by atoms with Crippen molar-refractivity contribution in [2.45, 2.75) is 36.7 Å². The number of hydrogen-bond donors (Lipinski definition) is 2. The molecule has 0 spiro atoms. The Balaban J connectivity index is 0.00000261. The van der Waals surface area contributed by atoms with Crippen molar-refractivity contribution < 1.29 is 8.42 Å². The Kier molecular flexibility index (Phi) is 7.27. The van der Waals surface area contributed by atoms with Gasteiger partial charge in [0.2, 0.25) is 0 Å². The minimum atomic E-state index is -3.18. The average molecular weight is 499 g/mol. The lowest BCUT2D eigenvalue weighted by atomic mass is 10.1. The molecule has 0 bridgehead atoms. The molecule has 0 aromatic heterocycles. The quantitative estimate of drug-likeness (QED) is 0.377. The SMILES string of the molecule is CN=C(NCc1ccc(S(C)(=O)=O)c(C)c1)NC1CC1c1ccccc1.I. The molecule has 7 heteroatoms. The number of nitrogens with one attached hydrogen (secondary N) is 2. The van der Waals surface area contributed by atoms with Crippen molar-refractivity contribution in [3.63, 3.8) is 0 Å². The fourth-order valence-electron chi connectivity index (χ4n) is 3.22. The van der Waals surface area contributed by atoms with E-state index in [1.54, 1.807) is 13.1 Å². The van der Waals surface area contributed by atoms with Crippen molar-refractivity contribution in [1.29, 1.82) is 0 Å². The van der Waals surface area contributed by atoms with Crippen LogP contribution < -0.4 is 10.6 Å². The molecule has 5 nitrogen and oxygen atoms in total. The molecule has 2 atom stereocenters. The Hall–Kier alpha value is -1.61. The number of aryl methyl sites for hydroxylation is 1. The van der Waals surface area contributed by atoms with Gasteiger partial charge >= 0.3 is 0 Å². The molecule has 1 saturated carbocycles. The summed E-state index contributed by atoms with van der Waals surface area (Å²) in [5, 5.41) is 6.76. The third-order valence-corrected chi connectivity index (χ3v) is 5.92. The molecular weight excluding hydrogens is 473 g/mol. The van der Waals surface area contributed by atoms with Crippen molar-refractivity contribution in [2.24, 2.45) is 4.99 Å². The number of aliphatic imine (C=N–C) groups is 1. The van der Waals surface area contributed by atoms with Crippen molar-refractivity contribution in [2.75, 3.05) is 13.3 Å². The number of hydrogen-bond acceptors (Lipinski definition) is 3. The zero-order valence-electron chi connectivity index (χ0n) is 15.8. The smallest absolute Gasteiger partial charge is 0.191 e. The Morgan fingerprint density at radius 2 is 1.89 bits per heavy atom. The van der Waals surface area contributed by atoms with Gasteiger partial charge in [0.15, 0.2) is 15.8 Å². The third kappa shape index (κ3) is 5.68. The molecular formula is C20H26IN3O2S. The second-order valence-corrected chi connectivity index (χ2v) is 8.79. The third-order valence-electron chi connectivity index (χ3n) is 4.66. The van der Waals surface area contributed by atoms with E-state index >= 15 is 0 Å². The molecule has 0 amide bonds. The van der Waals surface area contributed by atoms with E-state index < -0.39 is 9.84 Å². The normalized spacial score (nSPS) is 19.1. The standard InChI is InChI=1S/C20H25N3O2S.HI/c1-14-11-15(9-10-19(14)26(3,24)25)13-22-20(21-2)23-18-12-17(18)16-7-5-4-6-8-16;/h4-11,17-18H,12-13H2,1-3H3,(H2,21,22,23);1H. The van der Waals surface area contributed by atoms with Gasteiger partial charge in [-0.2, -0.15) is 0 Å². The van der Waals surface area contributed by atoms with E-state index in [1.807, 2.05) is 25.1 Å². The van der Waals surface area contributed by atoms with Crippen LogP contribution in [0.4, 0.5) is 0 Å². The maximum absolute atomic E-state index is 11.7. The van der Waals surface area contributed by atoms with Gasteiger partial charge < -0.3 is 10.6 Å². The van der Waals surface area contributed by atoms with E-state index in [0.717, 1.165) is 23.5 Å². The van der Waals surface area contributed by atoms with E-state index in [2.05, 4.69) is 39.9 Å². The maximum Gasteiger partial charge on any atom is 0.191 e. The van der Waals surface area contributed by atoms with Crippen molar-refractivity contribution >= 4 is 39.8 Å². The van der Waals surface area contributed by atoms with E-state index in [1.165, 1.54) is 11.8 Å². The Bertz CT molecular complexity index is 914. The van der Waals surface area contributed by atoms with Crippen molar-refractivity contribution in [3.05, 3.63) is 65.2 Å². The van der Waals surface area contributed by atoms with Crippen LogP contribution in [0.1, 0.15) is 29.0 Å². The van der Waals surface area contributed by atoms with Crippen LogP contribution in [0.3, 0.4) is 0 Å². The van der Waals surface area contributed by atoms with E-state index in [9.17, 15) is 8.42 Å². The minimum Gasteiger partial charge on any atom is -0.353 e. The summed E-state index contributed by atoms with van der Waals surface area (Å²) < 4.78 is 23.4. The van der Waals surface area contributed by atoms with Crippen molar-refractivity contribution in [1.82, 2.24) is 10.6 Å². The summed E-state index contributed by atoms with van der Waals surface area (Å²) >= 11 is 0. The largest absolute Gasteiger partial charge is 0.353 e. The lowest BCUT2D eigenvalue weighted by Crippen LogP contribution is -2.38. The van der Waals surface area contributed by atoms with Crippen LogP contribution in [-0.2, 0) is 16.4 Å². The Labute approximate surface area is 178 Å². The van der Waals surface area contributed by atoms with Gasteiger partial charge in [-0.15, -0.1) is 24.0 Å². The first kappa shape index (κ1) is 21.7. The van der Waals surface area contributed by atoms with Gasteiger partial charge in [-0.25, -0.2) is 8.42 Å². The fraction of sp³-hybridized carbons (Fsp3) is 0.350. The summed E-state index contributed by atoms with van der Waals surface area (Å²) in [5.41, 5.74) is 3.14. The van der Waals surface area contributed by atoms with Crippen LogP contribution in [0.15, 0.2) is 58.4 Å². The summed E-state index contributed by atoms with van der Waals surface area (Å²) in [6, 6.07) is 16.3. The highest BCUT2D eigenvalue weighted by Crippen LogP contribution is 2.40. The van der Waals surface area contributed by atoms with Crippen LogP contribution in [-0.4, -0.2) is 33.7 Å². The lowest BCUT2D eigenvalue weighted by Gasteiger charge is -2.13. The number of sulfone groups is 1. The zero-order valence-corrected chi connectivity index (χ0v) is 18.9. The summed E-state index contributed by atoms with van der Waals surface area (Å²) in [7, 11) is -1.43. The van der Waals surface area contributed by atoms with Crippen molar-refractivity contribution in [3.8, 4) is 0 Å². The second-order valence-electron chi connectivity index (χ2n) is 6.80. The van der Waals surface area contributed by atoms with Gasteiger partial charge in [0.25, 0.3) is 0 Å². The fourth-order valence-corrected chi connectivity index (χ4v) is 4.18. The van der Waals surface area contributed by atoms with Crippen LogP contribution >= 0.6 is 24.0 Å². The molecule has 2 N–H and O–H groups in total. The zero-order chi connectivity index (χ0) is 18.7. The number of benzene rings is 2. The molecule has 0 saturated heterocycles. The highest BCUT2D eigenvalue weighted by Gasteiger charge is 2.38. The molecule has 146 valence electrons. The average Bonchev–Trinajstić information content (AvgIpc) is 3.37. The lowest BCUT2D eigenvalue weighted by molar-refractivity contribution is 0.601. The molecule has 1 aliphatic carbocycles. The van der Waals surface area contributed by atoms with Gasteiger partial charge in [0.1, 0.15) is 0 Å². The number of guanidine groups is 1. The first-order valence-electron chi connectivity index (χ1n) is 8.70. The van der Waals surface area contributed by atoms with Gasteiger partial charge in [-0.1, -0.05) is 42.5 Å². The second kappa shape index (κ2) is 9.05. The molecule has 2 aromatic carbocycles. The topological polar surface area (TPSA) is 70.6 Å². The van der Waals surface area contributed by atoms with Gasteiger partial charge in [-0.3, -0.25) is 4.99 Å². The van der Waals surface area contributed by atoms with Gasteiger partial charge in [-0.05, 0) is 36.1 Å². The van der Waals surface area contributed by atoms with Crippen LogP contribution in [0.2, 0.25) is 0 Å². The van der Waals surface area contributed by atoms with E-state index in [0.29, 0.717) is 23.4 Å². The molecule has 0 aliphatic heterocycles. The Morgan fingerprint density at radius 3 is 2.48 bits per heavy atom. The van der Waals surface area contributed by atoms with Crippen LogP contribution in [0.25, 0.3) is 0 Å². The molecule has 2 unspecified atom stereocenters. The first-order chi connectivity index (χ1) is 12.4. The molecule has 0 radical (unpaired) electrons. The van der Waals surface area contributed by atoms with E-state index in [4.69, 9.17) is 0 Å². The highest BCUT2D eigenvalue weighted by atomic mass is 127. The highest BCUT2D eigenvalue weighted by molar-refractivity contribution is 14.0. The number of rotatable bonds is 5. The van der Waals surface area contributed by atoms with Crippen LogP contribution in [0.5, 0.6) is 0 Å². The number of halogens is 1. The first-order valence-corrected chi connectivity index (χ1v) is 10.6. The number of nitrogens with zero attached hydrogens (tertiary/aromatic N) is 1. The summed E-state index contributed by atoms with van der Waals surface area (Å²) in [6.07, 6.45) is 2.34. The van der Waals surface area contributed by atoms with E-state index in [-0.39, 0.29) is 24.0 Å². The molecule has 1 aliphatic rings. The maximum atomic E-state index is 11.7. The minimum absolute atomic E-state index is 0. The molecule has 2 aromatic rings. The molecule has 27 heavy (non-hydrogen) atoms. The summed E-state index contributed by atoms with van der Waals surface area (Å²) in [6.45, 7) is 2.41. The predicted molar refractivity (Wildman–Crippen MR) is 121 cm³/mol. The Morgan fingerprint density at radius 1 is 1.19 bits per heavy atom. The molecule has 0 heterocycles. The monoisotopic (exact) mass is 499 g/mol. The van der Waals surface area contributed by atoms with Gasteiger partial charge in [0.05, 0.1) is 4.90 Å².